The molecular formula is C28H36N4O3. The summed E-state index contributed by atoms with van der Waals surface area (Å²) < 4.78 is 0. The average molecular weight is 477 g/mol. The number of hydrogen-bond donors (Lipinski definition) is 1. The Morgan fingerprint density at radius 2 is 1.69 bits per heavy atom. The summed E-state index contributed by atoms with van der Waals surface area (Å²) in [6.45, 7) is 4.10. The van der Waals surface area contributed by atoms with Crippen molar-refractivity contribution in [3.63, 3.8) is 0 Å². The Hall–Kier alpha value is -3.19. The number of imide groups is 1. The molecule has 2 aromatic carbocycles. The van der Waals surface area contributed by atoms with Crippen LogP contribution in [0.5, 0.6) is 0 Å². The van der Waals surface area contributed by atoms with Crippen LogP contribution in [0.2, 0.25) is 0 Å². The van der Waals surface area contributed by atoms with Crippen molar-refractivity contribution < 1.29 is 14.4 Å². The van der Waals surface area contributed by atoms with Crippen LogP contribution in [0, 0.1) is 12.8 Å². The van der Waals surface area contributed by atoms with E-state index in [2.05, 4.69) is 17.4 Å². The van der Waals surface area contributed by atoms with Crippen LogP contribution in [0.1, 0.15) is 40.7 Å². The second kappa shape index (κ2) is 10.6. The third kappa shape index (κ3) is 5.25. The average Bonchev–Trinajstić information content (AvgIpc) is 3.11. The van der Waals surface area contributed by atoms with Gasteiger partial charge in [-0.2, -0.15) is 0 Å². The Balaban J connectivity index is 1.52. The third-order valence-electron chi connectivity index (χ3n) is 7.48. The second-order valence-electron chi connectivity index (χ2n) is 10.0. The monoisotopic (exact) mass is 476 g/mol. The Morgan fingerprint density at radius 1 is 1.03 bits per heavy atom. The van der Waals surface area contributed by atoms with E-state index in [1.54, 1.807) is 0 Å². The van der Waals surface area contributed by atoms with Crippen molar-refractivity contribution in [2.45, 2.75) is 38.1 Å². The van der Waals surface area contributed by atoms with E-state index in [-0.39, 0.29) is 23.8 Å². The van der Waals surface area contributed by atoms with Crippen LogP contribution in [0.25, 0.3) is 0 Å². The van der Waals surface area contributed by atoms with Gasteiger partial charge in [0.2, 0.25) is 0 Å². The predicted molar refractivity (Wildman–Crippen MR) is 136 cm³/mol. The number of nitrogens with zero attached hydrogens (tertiary/aromatic N) is 3. The summed E-state index contributed by atoms with van der Waals surface area (Å²) in [6, 6.07) is 17.4. The Bertz CT molecular complexity index is 1060. The molecule has 0 radical (unpaired) electrons. The van der Waals surface area contributed by atoms with Gasteiger partial charge in [0.1, 0.15) is 5.54 Å². The van der Waals surface area contributed by atoms with E-state index < -0.39 is 5.54 Å². The maximum atomic E-state index is 13.8. The first-order valence-electron chi connectivity index (χ1n) is 12.5. The lowest BCUT2D eigenvalue weighted by molar-refractivity contribution is -0.134. The first kappa shape index (κ1) is 24.9. The minimum atomic E-state index is -0.933. The summed E-state index contributed by atoms with van der Waals surface area (Å²) >= 11 is 0. The van der Waals surface area contributed by atoms with Crippen molar-refractivity contribution in [2.24, 2.45) is 5.92 Å². The number of carbonyl (C=O) groups is 3. The molecule has 7 heteroatoms. The molecule has 0 spiro atoms. The molecule has 2 saturated heterocycles. The number of amides is 4. The molecule has 0 aromatic heterocycles. The molecule has 2 aliphatic rings. The van der Waals surface area contributed by atoms with Gasteiger partial charge in [0, 0.05) is 31.7 Å². The maximum Gasteiger partial charge on any atom is 0.325 e. The van der Waals surface area contributed by atoms with E-state index in [1.807, 2.05) is 73.3 Å². The number of likely N-dealkylation sites (N-methyl/N-ethyl adjacent to an activating group) is 1. The van der Waals surface area contributed by atoms with Crippen LogP contribution in [0.4, 0.5) is 4.79 Å². The highest BCUT2D eigenvalue weighted by Gasteiger charge is 2.55. The fourth-order valence-corrected chi connectivity index (χ4v) is 5.34. The van der Waals surface area contributed by atoms with Gasteiger partial charge < -0.3 is 15.1 Å². The van der Waals surface area contributed by atoms with E-state index >= 15 is 0 Å². The van der Waals surface area contributed by atoms with Crippen LogP contribution in [0.3, 0.4) is 0 Å². The topological polar surface area (TPSA) is 73.0 Å². The first-order valence-corrected chi connectivity index (χ1v) is 12.5. The number of benzene rings is 2. The van der Waals surface area contributed by atoms with Crippen molar-refractivity contribution >= 4 is 17.8 Å². The van der Waals surface area contributed by atoms with Crippen LogP contribution < -0.4 is 5.32 Å². The molecule has 0 aliphatic carbocycles. The maximum absolute atomic E-state index is 13.8. The summed E-state index contributed by atoms with van der Waals surface area (Å²) in [7, 11) is 3.87. The van der Waals surface area contributed by atoms with Gasteiger partial charge in [-0.05, 0) is 69.8 Å². The zero-order valence-electron chi connectivity index (χ0n) is 21.0. The molecule has 2 aromatic rings. The van der Waals surface area contributed by atoms with E-state index in [0.29, 0.717) is 51.9 Å². The molecule has 35 heavy (non-hydrogen) atoms. The number of nitrogens with one attached hydrogen (secondary N) is 1. The molecule has 4 rings (SSSR count). The van der Waals surface area contributed by atoms with Crippen molar-refractivity contribution in [3.8, 4) is 0 Å². The van der Waals surface area contributed by atoms with Gasteiger partial charge in [0.05, 0.1) is 0 Å². The van der Waals surface area contributed by atoms with Crippen molar-refractivity contribution in [2.75, 3.05) is 40.3 Å². The number of piperidine rings is 1. The van der Waals surface area contributed by atoms with Gasteiger partial charge in [0.15, 0.2) is 0 Å². The number of aryl methyl sites for hydroxylation is 2. The lowest BCUT2D eigenvalue weighted by Gasteiger charge is -2.41. The van der Waals surface area contributed by atoms with Gasteiger partial charge in [-0.25, -0.2) is 4.79 Å². The molecule has 0 saturated carbocycles. The molecular weight excluding hydrogens is 440 g/mol. The predicted octanol–water partition coefficient (Wildman–Crippen LogP) is 3.33. The Kier molecular flexibility index (Phi) is 7.55. The van der Waals surface area contributed by atoms with E-state index in [0.717, 1.165) is 16.7 Å². The van der Waals surface area contributed by atoms with Gasteiger partial charge in [-0.1, -0.05) is 48.5 Å². The standard InChI is InChI=1S/C28H36N4O3/c1-21-9-7-8-12-24(21)25(33)31-17-14-23(15-18-31)28(16-13-22-10-5-4-6-11-22)26(34)32(27(35)29-28)20-19-30(2)3/h4-12,23H,13-20H2,1-3H3,(H,29,35)/t28-/m0/s1. The quantitative estimate of drug-likeness (QED) is 0.593. The molecule has 2 fully saturated rings. The summed E-state index contributed by atoms with van der Waals surface area (Å²) in [4.78, 5) is 45.1. The van der Waals surface area contributed by atoms with Crippen molar-refractivity contribution in [1.82, 2.24) is 20.0 Å². The molecule has 0 bridgehead atoms. The van der Waals surface area contributed by atoms with Crippen LogP contribution in [-0.4, -0.2) is 78.4 Å². The highest BCUT2D eigenvalue weighted by molar-refractivity contribution is 6.07. The van der Waals surface area contributed by atoms with Gasteiger partial charge in [-0.15, -0.1) is 0 Å². The number of likely N-dealkylation sites (tertiary alicyclic amines) is 1. The van der Waals surface area contributed by atoms with Crippen LogP contribution in [-0.2, 0) is 11.2 Å². The first-order chi connectivity index (χ1) is 16.8. The van der Waals surface area contributed by atoms with Gasteiger partial charge >= 0.3 is 6.03 Å². The zero-order valence-corrected chi connectivity index (χ0v) is 21.0. The molecule has 1 atom stereocenters. The number of carbonyl (C=O) groups excluding carboxylic acids is 3. The largest absolute Gasteiger partial charge is 0.339 e. The Morgan fingerprint density at radius 3 is 2.34 bits per heavy atom. The summed E-state index contributed by atoms with van der Waals surface area (Å²) in [6.07, 6.45) is 2.62. The number of urea groups is 1. The highest BCUT2D eigenvalue weighted by Crippen LogP contribution is 2.37. The number of rotatable bonds is 8. The highest BCUT2D eigenvalue weighted by atomic mass is 16.2. The molecule has 0 unspecified atom stereocenters. The minimum absolute atomic E-state index is 0.0204. The lowest BCUT2D eigenvalue weighted by Crippen LogP contribution is -2.57. The van der Waals surface area contributed by atoms with Gasteiger partial charge in [0.25, 0.3) is 11.8 Å². The van der Waals surface area contributed by atoms with E-state index in [4.69, 9.17) is 0 Å². The number of hydrogen-bond acceptors (Lipinski definition) is 4. The van der Waals surface area contributed by atoms with Gasteiger partial charge in [-0.3, -0.25) is 14.5 Å². The van der Waals surface area contributed by atoms with E-state index in [1.165, 1.54) is 4.90 Å². The van der Waals surface area contributed by atoms with E-state index in [9.17, 15) is 14.4 Å². The normalized spacial score (nSPS) is 21.0. The molecule has 2 heterocycles. The summed E-state index contributed by atoms with van der Waals surface area (Å²) in [5.74, 6) is -0.105. The molecule has 1 N–H and O–H groups in total. The molecule has 4 amide bonds. The lowest BCUT2D eigenvalue weighted by atomic mass is 9.74. The third-order valence-corrected chi connectivity index (χ3v) is 7.48. The minimum Gasteiger partial charge on any atom is -0.339 e. The van der Waals surface area contributed by atoms with Crippen molar-refractivity contribution in [3.05, 3.63) is 71.3 Å². The fraction of sp³-hybridized carbons (Fsp3) is 0.464. The van der Waals surface area contributed by atoms with Crippen LogP contribution in [0.15, 0.2) is 54.6 Å². The summed E-state index contributed by atoms with van der Waals surface area (Å²) in [5, 5.41) is 3.13. The van der Waals surface area contributed by atoms with Crippen molar-refractivity contribution in [1.29, 1.82) is 0 Å². The zero-order chi connectivity index (χ0) is 25.0. The fourth-order valence-electron chi connectivity index (χ4n) is 5.34. The molecule has 2 aliphatic heterocycles. The second-order valence-corrected chi connectivity index (χ2v) is 10.0. The van der Waals surface area contributed by atoms with Crippen LogP contribution >= 0.6 is 0 Å². The SMILES string of the molecule is Cc1ccccc1C(=O)N1CCC([C@]2(CCc3ccccc3)NC(=O)N(CCN(C)C)C2=O)CC1. The smallest absolute Gasteiger partial charge is 0.325 e. The molecule has 7 nitrogen and oxygen atoms in total. The Labute approximate surface area is 208 Å². The summed E-state index contributed by atoms with van der Waals surface area (Å²) in [5.41, 5.74) is 1.91. The molecule has 186 valence electrons.